The summed E-state index contributed by atoms with van der Waals surface area (Å²) < 4.78 is 0.334. The van der Waals surface area contributed by atoms with E-state index in [2.05, 4.69) is 21.9 Å². The third-order valence-corrected chi connectivity index (χ3v) is 2.33. The molecule has 0 spiro atoms. The number of nitrogens with two attached hydrogens (primary N) is 1. The molecule has 0 saturated heterocycles. The fourth-order valence-electron chi connectivity index (χ4n) is 1.30. The molecule has 1 aromatic rings. The minimum absolute atomic E-state index is 0.334. The van der Waals surface area contributed by atoms with Crippen molar-refractivity contribution in [3.8, 4) is 0 Å². The van der Waals surface area contributed by atoms with Gasteiger partial charge in [-0.1, -0.05) is 6.92 Å². The molecular weight excluding hydrogens is 172 g/mol. The summed E-state index contributed by atoms with van der Waals surface area (Å²) in [6.07, 6.45) is 1.17. The molecule has 4 nitrogen and oxygen atoms in total. The molecule has 0 aromatic carbocycles. The number of aromatic amines is 1. The highest BCUT2D eigenvalue weighted by Gasteiger charge is 2.36. The van der Waals surface area contributed by atoms with E-state index in [4.69, 9.17) is 18.0 Å². The van der Waals surface area contributed by atoms with Gasteiger partial charge in [-0.05, 0) is 24.6 Å². The van der Waals surface area contributed by atoms with Crippen LogP contribution in [-0.2, 0) is 0 Å². The van der Waals surface area contributed by atoms with Crippen LogP contribution in [0.1, 0.15) is 25.1 Å². The third kappa shape index (κ3) is 1.32. The Labute approximate surface area is 75.2 Å². The lowest BCUT2D eigenvalue weighted by Gasteiger charge is -1.98. The summed E-state index contributed by atoms with van der Waals surface area (Å²) in [6.45, 7) is 2.18. The third-order valence-electron chi connectivity index (χ3n) is 2.15. The lowest BCUT2D eigenvalue weighted by molar-refractivity contribution is 0.823. The fraction of sp³-hybridized carbons (Fsp3) is 0.571. The monoisotopic (exact) mass is 182 g/mol. The van der Waals surface area contributed by atoms with Crippen LogP contribution < -0.4 is 5.73 Å². The highest BCUT2D eigenvalue weighted by atomic mass is 32.1. The van der Waals surface area contributed by atoms with Gasteiger partial charge in [0.1, 0.15) is 5.82 Å². The summed E-state index contributed by atoms with van der Waals surface area (Å²) in [5.41, 5.74) is 5.50. The van der Waals surface area contributed by atoms with Gasteiger partial charge in [0, 0.05) is 5.92 Å². The predicted molar refractivity (Wildman–Crippen MR) is 48.2 cm³/mol. The molecule has 2 rings (SSSR count). The van der Waals surface area contributed by atoms with E-state index in [9.17, 15) is 0 Å². The molecule has 1 aromatic heterocycles. The quantitative estimate of drug-likeness (QED) is 0.641. The molecule has 2 unspecified atom stereocenters. The largest absolute Gasteiger partial charge is 0.369 e. The molecule has 12 heavy (non-hydrogen) atoms. The lowest BCUT2D eigenvalue weighted by Crippen LogP contribution is -2.02. The number of H-pyrrole nitrogens is 1. The summed E-state index contributed by atoms with van der Waals surface area (Å²) in [4.78, 5) is 10.8. The van der Waals surface area contributed by atoms with E-state index in [0.29, 0.717) is 22.6 Å². The predicted octanol–water partition coefficient (Wildman–Crippen LogP) is 1.24. The Hall–Kier alpha value is -0.970. The van der Waals surface area contributed by atoms with Crippen molar-refractivity contribution in [3.05, 3.63) is 10.6 Å². The summed E-state index contributed by atoms with van der Waals surface area (Å²) in [5, 5.41) is 0. The van der Waals surface area contributed by atoms with Crippen LogP contribution in [0.2, 0.25) is 0 Å². The zero-order valence-corrected chi connectivity index (χ0v) is 7.56. The van der Waals surface area contributed by atoms with Crippen LogP contribution >= 0.6 is 12.2 Å². The molecule has 1 fully saturated rings. The Kier molecular flexibility index (Phi) is 1.61. The number of nitrogens with one attached hydrogen (secondary N) is 1. The first-order valence-corrected chi connectivity index (χ1v) is 4.31. The molecule has 3 N–H and O–H groups in total. The van der Waals surface area contributed by atoms with Crippen molar-refractivity contribution in [2.24, 2.45) is 5.92 Å². The molecule has 2 atom stereocenters. The number of hydrogen-bond acceptors (Lipinski definition) is 4. The van der Waals surface area contributed by atoms with E-state index < -0.39 is 0 Å². The second kappa shape index (κ2) is 2.52. The lowest BCUT2D eigenvalue weighted by atomic mass is 10.3. The number of anilines is 1. The molecular formula is C7H10N4S. The number of aromatic nitrogens is 3. The van der Waals surface area contributed by atoms with Gasteiger partial charge in [0.25, 0.3) is 0 Å². The average Bonchev–Trinajstić information content (AvgIpc) is 2.64. The molecule has 0 radical (unpaired) electrons. The van der Waals surface area contributed by atoms with Crippen molar-refractivity contribution in [3.63, 3.8) is 0 Å². The summed E-state index contributed by atoms with van der Waals surface area (Å²) in [5.74, 6) is 2.46. The van der Waals surface area contributed by atoms with Gasteiger partial charge in [0.15, 0.2) is 0 Å². The Morgan fingerprint density at radius 1 is 1.58 bits per heavy atom. The van der Waals surface area contributed by atoms with Crippen molar-refractivity contribution in [1.29, 1.82) is 0 Å². The number of nitrogen functional groups attached to an aromatic ring is 1. The Bertz CT molecular complexity index is 359. The van der Waals surface area contributed by atoms with E-state index in [1.807, 2.05) is 0 Å². The second-order valence-electron chi connectivity index (χ2n) is 3.22. The molecule has 64 valence electrons. The van der Waals surface area contributed by atoms with Crippen molar-refractivity contribution >= 4 is 18.2 Å². The van der Waals surface area contributed by atoms with Gasteiger partial charge in [-0.25, -0.2) is 4.98 Å². The van der Waals surface area contributed by atoms with Crippen LogP contribution in [0.4, 0.5) is 5.95 Å². The molecule has 5 heteroatoms. The van der Waals surface area contributed by atoms with E-state index >= 15 is 0 Å². The van der Waals surface area contributed by atoms with Crippen LogP contribution in [0.5, 0.6) is 0 Å². The maximum Gasteiger partial charge on any atom is 0.224 e. The SMILES string of the molecule is CC1CC1c1nc(=S)nc(N)[nH]1. The van der Waals surface area contributed by atoms with E-state index in [1.54, 1.807) is 0 Å². The number of nitrogens with zero attached hydrogens (tertiary/aromatic N) is 2. The van der Waals surface area contributed by atoms with E-state index in [-0.39, 0.29) is 0 Å². The zero-order valence-electron chi connectivity index (χ0n) is 6.74. The number of hydrogen-bond donors (Lipinski definition) is 2. The van der Waals surface area contributed by atoms with Crippen LogP contribution in [0.15, 0.2) is 0 Å². The van der Waals surface area contributed by atoms with Gasteiger partial charge in [-0.3, -0.25) is 0 Å². The standard InChI is InChI=1S/C7H10N4S/c1-3-2-4(3)5-9-6(8)11-7(12)10-5/h3-4H,2H2,1H3,(H3,8,9,10,11,12). The smallest absolute Gasteiger partial charge is 0.224 e. The Morgan fingerprint density at radius 2 is 2.25 bits per heavy atom. The van der Waals surface area contributed by atoms with Gasteiger partial charge >= 0.3 is 0 Å². The molecule has 1 saturated carbocycles. The van der Waals surface area contributed by atoms with Gasteiger partial charge in [-0.15, -0.1) is 0 Å². The van der Waals surface area contributed by atoms with Crippen LogP contribution in [0.3, 0.4) is 0 Å². The maximum absolute atomic E-state index is 5.50. The van der Waals surface area contributed by atoms with Crippen molar-refractivity contribution in [2.45, 2.75) is 19.3 Å². The number of rotatable bonds is 1. The van der Waals surface area contributed by atoms with Gasteiger partial charge in [0.05, 0.1) is 0 Å². The topological polar surface area (TPSA) is 67.6 Å². The summed E-state index contributed by atoms with van der Waals surface area (Å²) >= 11 is 4.85. The molecule has 0 bridgehead atoms. The molecule has 0 aliphatic heterocycles. The Morgan fingerprint density at radius 3 is 2.75 bits per heavy atom. The van der Waals surface area contributed by atoms with Crippen LogP contribution in [0, 0.1) is 10.7 Å². The molecule has 1 aliphatic carbocycles. The molecule has 1 heterocycles. The summed E-state index contributed by atoms with van der Waals surface area (Å²) in [7, 11) is 0. The average molecular weight is 182 g/mol. The van der Waals surface area contributed by atoms with E-state index in [0.717, 1.165) is 5.82 Å². The highest BCUT2D eigenvalue weighted by molar-refractivity contribution is 7.71. The minimum atomic E-state index is 0.334. The summed E-state index contributed by atoms with van der Waals surface area (Å²) in [6, 6.07) is 0. The fourth-order valence-corrected chi connectivity index (χ4v) is 1.49. The van der Waals surface area contributed by atoms with Gasteiger partial charge < -0.3 is 10.7 Å². The van der Waals surface area contributed by atoms with Crippen LogP contribution in [-0.4, -0.2) is 15.0 Å². The minimum Gasteiger partial charge on any atom is -0.369 e. The maximum atomic E-state index is 5.50. The van der Waals surface area contributed by atoms with E-state index in [1.165, 1.54) is 6.42 Å². The first-order valence-electron chi connectivity index (χ1n) is 3.90. The second-order valence-corrected chi connectivity index (χ2v) is 3.59. The zero-order chi connectivity index (χ0) is 8.72. The van der Waals surface area contributed by atoms with Crippen molar-refractivity contribution in [1.82, 2.24) is 15.0 Å². The molecule has 0 amide bonds. The highest BCUT2D eigenvalue weighted by Crippen LogP contribution is 2.45. The van der Waals surface area contributed by atoms with Crippen molar-refractivity contribution < 1.29 is 0 Å². The normalized spacial score (nSPS) is 27.1. The van der Waals surface area contributed by atoms with Crippen molar-refractivity contribution in [2.75, 3.05) is 5.73 Å². The van der Waals surface area contributed by atoms with Gasteiger partial charge in [0.2, 0.25) is 10.7 Å². The Balaban J connectivity index is 2.39. The van der Waals surface area contributed by atoms with Crippen LogP contribution in [0.25, 0.3) is 0 Å². The van der Waals surface area contributed by atoms with Gasteiger partial charge in [-0.2, -0.15) is 4.98 Å². The first-order chi connectivity index (χ1) is 5.66. The molecule has 1 aliphatic rings. The first kappa shape index (κ1) is 7.67.